The third-order valence-electron chi connectivity index (χ3n) is 2.92. The summed E-state index contributed by atoms with van der Waals surface area (Å²) in [4.78, 5) is 4.25. The van der Waals surface area contributed by atoms with Crippen molar-refractivity contribution in [2.75, 3.05) is 38.1 Å². The zero-order valence-electron chi connectivity index (χ0n) is 10.1. The van der Waals surface area contributed by atoms with E-state index in [1.165, 1.54) is 12.1 Å². The molecule has 100 valence electrons. The van der Waals surface area contributed by atoms with Gasteiger partial charge in [-0.3, -0.25) is 0 Å². The first-order valence-corrected chi connectivity index (χ1v) is 5.73. The molecule has 0 saturated carbocycles. The van der Waals surface area contributed by atoms with Crippen molar-refractivity contribution in [3.05, 3.63) is 24.3 Å². The highest BCUT2D eigenvalue weighted by molar-refractivity contribution is 5.51. The Kier molecular flexibility index (Phi) is 3.65. The van der Waals surface area contributed by atoms with Crippen LogP contribution >= 0.6 is 0 Å². The molecule has 0 bridgehead atoms. The summed E-state index contributed by atoms with van der Waals surface area (Å²) in [6.45, 7) is 3.44. The summed E-state index contributed by atoms with van der Waals surface area (Å²) in [6.07, 6.45) is -4.64. The zero-order valence-corrected chi connectivity index (χ0v) is 10.1. The topological polar surface area (TPSA) is 15.7 Å². The van der Waals surface area contributed by atoms with Crippen molar-refractivity contribution in [3.8, 4) is 5.75 Å². The maximum absolute atomic E-state index is 12.1. The van der Waals surface area contributed by atoms with Crippen LogP contribution in [0.15, 0.2) is 24.3 Å². The number of piperazine rings is 1. The lowest BCUT2D eigenvalue weighted by atomic mass is 10.2. The fourth-order valence-corrected chi connectivity index (χ4v) is 1.94. The van der Waals surface area contributed by atoms with E-state index in [2.05, 4.69) is 14.5 Å². The summed E-state index contributed by atoms with van der Waals surface area (Å²) in [5, 5.41) is 0. The van der Waals surface area contributed by atoms with Crippen LogP contribution in [0.4, 0.5) is 18.9 Å². The van der Waals surface area contributed by atoms with Crippen molar-refractivity contribution in [1.82, 2.24) is 4.90 Å². The SMILES string of the molecule is CN1CCN(c2cccc(OC(F)(F)F)c2)CC1. The smallest absolute Gasteiger partial charge is 0.406 e. The van der Waals surface area contributed by atoms with Crippen LogP contribution in [0, 0.1) is 0 Å². The van der Waals surface area contributed by atoms with Gasteiger partial charge in [-0.15, -0.1) is 13.2 Å². The van der Waals surface area contributed by atoms with Gasteiger partial charge in [-0.05, 0) is 19.2 Å². The van der Waals surface area contributed by atoms with Gasteiger partial charge in [-0.2, -0.15) is 0 Å². The molecule has 2 rings (SSSR count). The number of rotatable bonds is 2. The van der Waals surface area contributed by atoms with E-state index < -0.39 is 6.36 Å². The van der Waals surface area contributed by atoms with E-state index in [-0.39, 0.29) is 5.75 Å². The summed E-state index contributed by atoms with van der Waals surface area (Å²) in [5.41, 5.74) is 0.768. The molecule has 0 atom stereocenters. The Balaban J connectivity index is 2.07. The molecule has 0 aromatic heterocycles. The molecule has 1 fully saturated rings. The Morgan fingerprint density at radius 1 is 1.11 bits per heavy atom. The molecule has 0 unspecified atom stereocenters. The third kappa shape index (κ3) is 3.53. The second-order valence-corrected chi connectivity index (χ2v) is 4.34. The lowest BCUT2D eigenvalue weighted by Crippen LogP contribution is -2.44. The summed E-state index contributed by atoms with van der Waals surface area (Å²) < 4.78 is 40.3. The highest BCUT2D eigenvalue weighted by Gasteiger charge is 2.31. The maximum Gasteiger partial charge on any atom is 0.573 e. The van der Waals surface area contributed by atoms with Gasteiger partial charge in [0.1, 0.15) is 5.75 Å². The fourth-order valence-electron chi connectivity index (χ4n) is 1.94. The Labute approximate surface area is 104 Å². The van der Waals surface area contributed by atoms with Crippen LogP contribution in [-0.2, 0) is 0 Å². The predicted octanol–water partition coefficient (Wildman–Crippen LogP) is 2.34. The van der Waals surface area contributed by atoms with Crippen LogP contribution in [0.2, 0.25) is 0 Å². The van der Waals surface area contributed by atoms with Gasteiger partial charge in [0.05, 0.1) is 0 Å². The van der Waals surface area contributed by atoms with Crippen LogP contribution in [0.1, 0.15) is 0 Å². The number of benzene rings is 1. The molecule has 1 aromatic rings. The number of ether oxygens (including phenoxy) is 1. The second-order valence-electron chi connectivity index (χ2n) is 4.34. The molecule has 0 spiro atoms. The highest BCUT2D eigenvalue weighted by atomic mass is 19.4. The minimum Gasteiger partial charge on any atom is -0.406 e. The number of nitrogens with zero attached hydrogens (tertiary/aromatic N) is 2. The fraction of sp³-hybridized carbons (Fsp3) is 0.500. The van der Waals surface area contributed by atoms with Gasteiger partial charge in [0.15, 0.2) is 0 Å². The van der Waals surface area contributed by atoms with Crippen LogP contribution in [0.3, 0.4) is 0 Å². The Hall–Kier alpha value is -1.43. The normalized spacial score (nSPS) is 17.9. The van der Waals surface area contributed by atoms with Gasteiger partial charge >= 0.3 is 6.36 Å². The number of hydrogen-bond acceptors (Lipinski definition) is 3. The summed E-state index contributed by atoms with van der Waals surface area (Å²) in [6, 6.07) is 6.12. The van der Waals surface area contributed by atoms with Gasteiger partial charge in [0.25, 0.3) is 0 Å². The molecule has 6 heteroatoms. The van der Waals surface area contributed by atoms with E-state index in [0.717, 1.165) is 31.9 Å². The third-order valence-corrected chi connectivity index (χ3v) is 2.92. The van der Waals surface area contributed by atoms with Gasteiger partial charge in [0.2, 0.25) is 0 Å². The van der Waals surface area contributed by atoms with E-state index in [0.29, 0.717) is 0 Å². The minimum absolute atomic E-state index is 0.168. The largest absolute Gasteiger partial charge is 0.573 e. The zero-order chi connectivity index (χ0) is 13.2. The Bertz CT molecular complexity index is 401. The molecular weight excluding hydrogens is 245 g/mol. The predicted molar refractivity (Wildman–Crippen MR) is 62.8 cm³/mol. The van der Waals surface area contributed by atoms with E-state index >= 15 is 0 Å². The molecule has 0 aliphatic carbocycles. The minimum atomic E-state index is -4.64. The average Bonchev–Trinajstić information content (AvgIpc) is 2.28. The quantitative estimate of drug-likeness (QED) is 0.811. The van der Waals surface area contributed by atoms with Crippen molar-refractivity contribution in [1.29, 1.82) is 0 Å². The standard InChI is InChI=1S/C12H15F3N2O/c1-16-5-7-17(8-6-16)10-3-2-4-11(9-10)18-12(13,14)15/h2-4,9H,5-8H2,1H3. The van der Waals surface area contributed by atoms with Gasteiger partial charge in [0, 0.05) is 37.9 Å². The number of hydrogen-bond donors (Lipinski definition) is 0. The van der Waals surface area contributed by atoms with E-state index in [1.54, 1.807) is 12.1 Å². The first kappa shape index (κ1) is 13.0. The molecule has 0 amide bonds. The molecule has 1 aromatic carbocycles. The maximum atomic E-state index is 12.1. The van der Waals surface area contributed by atoms with Gasteiger partial charge in [-0.1, -0.05) is 6.07 Å². The van der Waals surface area contributed by atoms with E-state index in [1.807, 2.05) is 7.05 Å². The molecule has 0 N–H and O–H groups in total. The molecule has 1 saturated heterocycles. The van der Waals surface area contributed by atoms with Crippen LogP contribution < -0.4 is 9.64 Å². The summed E-state index contributed by atoms with van der Waals surface area (Å²) in [7, 11) is 2.03. The summed E-state index contributed by atoms with van der Waals surface area (Å²) in [5.74, 6) is -0.168. The lowest BCUT2D eigenvalue weighted by Gasteiger charge is -2.34. The first-order chi connectivity index (χ1) is 8.44. The summed E-state index contributed by atoms with van der Waals surface area (Å²) >= 11 is 0. The molecular formula is C12H15F3N2O. The van der Waals surface area contributed by atoms with Crippen LogP contribution in [0.25, 0.3) is 0 Å². The van der Waals surface area contributed by atoms with Gasteiger partial charge < -0.3 is 14.5 Å². The molecule has 1 heterocycles. The Morgan fingerprint density at radius 2 is 1.78 bits per heavy atom. The monoisotopic (exact) mass is 260 g/mol. The highest BCUT2D eigenvalue weighted by Crippen LogP contribution is 2.27. The van der Waals surface area contributed by atoms with Crippen molar-refractivity contribution in [2.24, 2.45) is 0 Å². The average molecular weight is 260 g/mol. The van der Waals surface area contributed by atoms with E-state index in [4.69, 9.17) is 0 Å². The Morgan fingerprint density at radius 3 is 2.39 bits per heavy atom. The number of likely N-dealkylation sites (N-methyl/N-ethyl adjacent to an activating group) is 1. The number of alkyl halides is 3. The van der Waals surface area contributed by atoms with Crippen LogP contribution in [-0.4, -0.2) is 44.5 Å². The van der Waals surface area contributed by atoms with Crippen molar-refractivity contribution in [3.63, 3.8) is 0 Å². The number of halogens is 3. The number of anilines is 1. The second kappa shape index (κ2) is 5.06. The lowest BCUT2D eigenvalue weighted by molar-refractivity contribution is -0.274. The van der Waals surface area contributed by atoms with Crippen LogP contribution in [0.5, 0.6) is 5.75 Å². The molecule has 1 aliphatic heterocycles. The first-order valence-electron chi connectivity index (χ1n) is 5.73. The molecule has 3 nitrogen and oxygen atoms in total. The molecule has 0 radical (unpaired) electrons. The van der Waals surface area contributed by atoms with Crippen molar-refractivity contribution in [2.45, 2.75) is 6.36 Å². The van der Waals surface area contributed by atoms with Crippen molar-refractivity contribution >= 4 is 5.69 Å². The van der Waals surface area contributed by atoms with Gasteiger partial charge in [-0.25, -0.2) is 0 Å². The van der Waals surface area contributed by atoms with Crippen molar-refractivity contribution < 1.29 is 17.9 Å². The molecule has 18 heavy (non-hydrogen) atoms. The molecule has 1 aliphatic rings. The van der Waals surface area contributed by atoms with E-state index in [9.17, 15) is 13.2 Å².